The number of alkyl halides is 2. The highest BCUT2D eigenvalue weighted by Gasteiger charge is 2.50. The Balaban J connectivity index is 0.000000414. The van der Waals surface area contributed by atoms with Crippen molar-refractivity contribution in [2.24, 2.45) is 5.73 Å². The van der Waals surface area contributed by atoms with Gasteiger partial charge >= 0.3 is 24.0 Å². The number of ether oxygens (including phenoxy) is 4. The number of carbonyl (C=O) groups excluding carboxylic acids is 4. The zero-order valence-corrected chi connectivity index (χ0v) is 53.4. The van der Waals surface area contributed by atoms with E-state index in [0.717, 1.165) is 24.6 Å². The van der Waals surface area contributed by atoms with Crippen molar-refractivity contribution in [3.63, 3.8) is 0 Å². The molecule has 4 aromatic carbocycles. The van der Waals surface area contributed by atoms with Crippen molar-refractivity contribution < 1.29 is 51.5 Å². The molecule has 0 aliphatic carbocycles. The SMILES string of the molecule is C=C(C)C[C@](N[S+]([O-])C(C)(C)C)(C(=O)OC(C)C)c1ccc(Br)cc1.CC(C)OC(=O)[C@@](N)(CC(C)(C)F)c1ccc(Br)cc1.CC(C)OC(=O)[C@](CC(C)(C)F)(NC(=S)NC(=O)OCc1ccccc1)c1ccc(Br)cc1. The van der Waals surface area contributed by atoms with Gasteiger partial charge in [0.2, 0.25) is 0 Å². The molecule has 1 amide bonds. The molecule has 1 unspecified atom stereocenters. The van der Waals surface area contributed by atoms with E-state index >= 15 is 0 Å². The number of halogens is 5. The molecule has 0 spiro atoms. The summed E-state index contributed by atoms with van der Waals surface area (Å²) >= 11 is 13.9. The van der Waals surface area contributed by atoms with Gasteiger partial charge in [-0.15, -0.1) is 11.3 Å². The van der Waals surface area contributed by atoms with Crippen molar-refractivity contribution in [1.29, 1.82) is 0 Å². The summed E-state index contributed by atoms with van der Waals surface area (Å²) in [5, 5.41) is 5.05. The van der Waals surface area contributed by atoms with E-state index in [1.165, 1.54) is 27.7 Å². The van der Waals surface area contributed by atoms with Gasteiger partial charge in [-0.05, 0) is 168 Å². The van der Waals surface area contributed by atoms with Crippen molar-refractivity contribution in [2.75, 3.05) is 0 Å². The Bertz CT molecular complexity index is 2600. The summed E-state index contributed by atoms with van der Waals surface area (Å²) in [6.07, 6.45) is -1.99. The first-order chi connectivity index (χ1) is 35.8. The van der Waals surface area contributed by atoms with Crippen LogP contribution in [0.1, 0.15) is 138 Å². The molecule has 0 aliphatic heterocycles. The van der Waals surface area contributed by atoms with Crippen molar-refractivity contribution in [1.82, 2.24) is 15.4 Å². The third-order valence-electron chi connectivity index (χ3n) is 10.7. The minimum Gasteiger partial charge on any atom is -0.598 e. The van der Waals surface area contributed by atoms with Crippen LogP contribution in [0.25, 0.3) is 0 Å². The summed E-state index contributed by atoms with van der Waals surface area (Å²) in [5.41, 5.74) is 1.68. The first-order valence-electron chi connectivity index (χ1n) is 25.1. The third kappa shape index (κ3) is 23.4. The fraction of sp³-hybridized carbons (Fsp3) is 0.466. The summed E-state index contributed by atoms with van der Waals surface area (Å²) < 4.78 is 68.3. The molecule has 4 atom stereocenters. The Labute approximate surface area is 494 Å². The molecule has 4 aromatic rings. The molecule has 430 valence electrons. The Morgan fingerprint density at radius 3 is 1.41 bits per heavy atom. The molecule has 5 N–H and O–H groups in total. The number of nitrogens with two attached hydrogens (primary N) is 1. The molecule has 20 heteroatoms. The lowest BCUT2D eigenvalue weighted by atomic mass is 9.81. The number of esters is 3. The largest absolute Gasteiger partial charge is 0.598 e. The topological polar surface area (TPSA) is 190 Å². The second kappa shape index (κ2) is 30.5. The van der Waals surface area contributed by atoms with Gasteiger partial charge in [0.1, 0.15) is 28.2 Å². The van der Waals surface area contributed by atoms with Gasteiger partial charge in [-0.3, -0.25) is 5.32 Å². The lowest BCUT2D eigenvalue weighted by molar-refractivity contribution is -0.157. The van der Waals surface area contributed by atoms with Crippen LogP contribution in [-0.4, -0.2) is 68.1 Å². The first-order valence-corrected chi connectivity index (χ1v) is 29.0. The smallest absolute Gasteiger partial charge is 0.413 e. The van der Waals surface area contributed by atoms with Gasteiger partial charge in [-0.1, -0.05) is 120 Å². The summed E-state index contributed by atoms with van der Waals surface area (Å²) in [6.45, 7) is 27.4. The molecule has 0 fully saturated rings. The Hall–Kier alpha value is -4.28. The Morgan fingerprint density at radius 2 is 1.03 bits per heavy atom. The molecule has 0 heterocycles. The number of nitrogens with one attached hydrogen (secondary N) is 3. The number of thiocarbonyl (C=S) groups is 1. The molecule has 0 aliphatic rings. The molecular weight excluding hydrogens is 1240 g/mol. The molecule has 4 rings (SSSR count). The van der Waals surface area contributed by atoms with Gasteiger partial charge in [0.25, 0.3) is 0 Å². The zero-order valence-electron chi connectivity index (χ0n) is 47.0. The van der Waals surface area contributed by atoms with E-state index in [0.29, 0.717) is 23.1 Å². The van der Waals surface area contributed by atoms with Gasteiger partial charge in [0.15, 0.2) is 16.2 Å². The van der Waals surface area contributed by atoms with E-state index in [4.69, 9.17) is 36.9 Å². The van der Waals surface area contributed by atoms with E-state index in [9.17, 15) is 32.5 Å². The van der Waals surface area contributed by atoms with Gasteiger partial charge in [0.05, 0.1) is 18.3 Å². The van der Waals surface area contributed by atoms with E-state index in [1.807, 2.05) is 82.3 Å². The number of alkyl carbamates (subject to hydrolysis) is 1. The first kappa shape index (κ1) is 69.8. The summed E-state index contributed by atoms with van der Waals surface area (Å²) in [7, 11) is 0. The maximum atomic E-state index is 15.0. The van der Waals surface area contributed by atoms with E-state index in [1.54, 1.807) is 90.1 Å². The maximum absolute atomic E-state index is 15.0. The van der Waals surface area contributed by atoms with Gasteiger partial charge in [-0.2, -0.15) is 0 Å². The number of benzene rings is 4. The number of hydrogen-bond acceptors (Lipinski definition) is 12. The molecular formula is C58H77Br3F2N4O9S2. The normalized spacial score (nSPS) is 14.4. The highest BCUT2D eigenvalue weighted by Crippen LogP contribution is 2.37. The molecule has 13 nitrogen and oxygen atoms in total. The minimum atomic E-state index is -1.78. The predicted octanol–water partition coefficient (Wildman–Crippen LogP) is 13.8. The van der Waals surface area contributed by atoms with Crippen molar-refractivity contribution in [2.45, 2.75) is 174 Å². The molecule has 78 heavy (non-hydrogen) atoms. The van der Waals surface area contributed by atoms with Crippen LogP contribution in [0.5, 0.6) is 0 Å². The van der Waals surface area contributed by atoms with Crippen LogP contribution in [0.4, 0.5) is 13.6 Å². The number of carbonyl (C=O) groups is 4. The number of rotatable bonds is 20. The molecule has 0 aromatic heterocycles. The third-order valence-corrected chi connectivity index (χ3v) is 14.1. The van der Waals surface area contributed by atoms with Crippen molar-refractivity contribution in [3.05, 3.63) is 151 Å². The summed E-state index contributed by atoms with van der Waals surface area (Å²) in [5.74, 6) is -1.78. The second-order valence-corrected chi connectivity index (χ2v) is 26.8. The van der Waals surface area contributed by atoms with Crippen LogP contribution in [0.15, 0.2) is 129 Å². The van der Waals surface area contributed by atoms with E-state index < -0.39 is 74.2 Å². The lowest BCUT2D eigenvalue weighted by Crippen LogP contribution is -2.58. The monoisotopic (exact) mass is 1310 g/mol. The van der Waals surface area contributed by atoms with Gasteiger partial charge in [-0.25, -0.2) is 28.0 Å². The highest BCUT2D eigenvalue weighted by atomic mass is 79.9. The molecule has 0 bridgehead atoms. The summed E-state index contributed by atoms with van der Waals surface area (Å²) in [6, 6.07) is 30.3. The zero-order chi connectivity index (χ0) is 59.6. The predicted molar refractivity (Wildman–Crippen MR) is 321 cm³/mol. The average molecular weight is 1320 g/mol. The number of amides is 1. The van der Waals surface area contributed by atoms with Crippen LogP contribution in [0, 0.1) is 0 Å². The lowest BCUT2D eigenvalue weighted by Gasteiger charge is -2.37. The van der Waals surface area contributed by atoms with Crippen LogP contribution >= 0.6 is 60.0 Å². The molecule has 0 saturated carbocycles. The average Bonchev–Trinajstić information content (AvgIpc) is 3.29. The van der Waals surface area contributed by atoms with Crippen LogP contribution < -0.4 is 21.1 Å². The second-order valence-electron chi connectivity index (χ2n) is 21.7. The Kier molecular flexibility index (Phi) is 27.3. The van der Waals surface area contributed by atoms with Crippen molar-refractivity contribution in [3.8, 4) is 0 Å². The Morgan fingerprint density at radius 1 is 0.641 bits per heavy atom. The molecule has 0 radical (unpaired) electrons. The van der Waals surface area contributed by atoms with Gasteiger partial charge < -0.3 is 34.6 Å². The summed E-state index contributed by atoms with van der Waals surface area (Å²) in [4.78, 5) is 51.0. The fourth-order valence-corrected chi connectivity index (χ4v) is 9.43. The minimum absolute atomic E-state index is 0.0417. The van der Waals surface area contributed by atoms with Crippen molar-refractivity contribution >= 4 is 100 Å². The maximum Gasteiger partial charge on any atom is 0.413 e. The number of hydrogen-bond donors (Lipinski definition) is 4. The quantitative estimate of drug-likeness (QED) is 0.0215. The fourth-order valence-electron chi connectivity index (χ4n) is 7.48. The molecule has 0 saturated heterocycles. The van der Waals surface area contributed by atoms with Crippen LogP contribution in [-0.2, 0) is 67.9 Å². The van der Waals surface area contributed by atoms with Crippen LogP contribution in [0.2, 0.25) is 0 Å². The highest BCUT2D eigenvalue weighted by molar-refractivity contribution is 9.11. The van der Waals surface area contributed by atoms with E-state index in [2.05, 4.69) is 69.7 Å². The van der Waals surface area contributed by atoms with E-state index in [-0.39, 0.29) is 36.8 Å². The standard InChI is InChI=1S/C24H28BrFN2O4S.C19H28BrNO3S.C15H21BrFNO2/c1-16(2)32-20(29)24(15-23(3,4)26,18-10-12-19(25)13-11-18)28-21(33)27-22(30)31-14-17-8-6-5-7-9-17;1-13(2)12-19(17(22)24-14(3)4,21-25(23)18(5,6)7)15-8-10-16(20)11-9-15;1-10(2)20-13(19)15(18,9-14(3,4)17)11-5-7-12(16)8-6-11/h5-13,16H,14-15H2,1-4H3,(H2,27,28,30,33);8-11,14,21H,1,12H2,2-7H3;5-8,10H,9,18H2,1-4H3/t24-;19-,25?;15-/m111/s1. The van der Waals surface area contributed by atoms with Crippen LogP contribution in [0.3, 0.4) is 0 Å². The van der Waals surface area contributed by atoms with Gasteiger partial charge in [0, 0.05) is 44.0 Å².